The van der Waals surface area contributed by atoms with Gasteiger partial charge in [0.2, 0.25) is 0 Å². The molecule has 6 nitrogen and oxygen atoms in total. The fourth-order valence-corrected chi connectivity index (χ4v) is 1.60. The van der Waals surface area contributed by atoms with Crippen LogP contribution in [0.1, 0.15) is 20.3 Å². The van der Waals surface area contributed by atoms with Gasteiger partial charge in [-0.1, -0.05) is 13.5 Å². The molecule has 104 valence electrons. The summed E-state index contributed by atoms with van der Waals surface area (Å²) in [5, 5.41) is 0. The van der Waals surface area contributed by atoms with Crippen molar-refractivity contribution in [3.63, 3.8) is 0 Å². The molecule has 0 atom stereocenters. The van der Waals surface area contributed by atoms with Gasteiger partial charge in [0.25, 0.3) is 5.56 Å². The van der Waals surface area contributed by atoms with Crippen molar-refractivity contribution >= 4 is 5.97 Å². The first-order valence-electron chi connectivity index (χ1n) is 6.16. The zero-order valence-corrected chi connectivity index (χ0v) is 11.2. The topological polar surface area (TPSA) is 70.3 Å². The number of rotatable bonds is 6. The van der Waals surface area contributed by atoms with E-state index in [1.807, 2.05) is 6.92 Å². The first-order chi connectivity index (χ1) is 9.01. The van der Waals surface area contributed by atoms with Crippen molar-refractivity contribution < 1.29 is 9.53 Å². The summed E-state index contributed by atoms with van der Waals surface area (Å²) in [6.07, 6.45) is 2.23. The predicted octanol–water partition coefficient (Wildman–Crippen LogP) is 0.539. The van der Waals surface area contributed by atoms with Crippen LogP contribution < -0.4 is 11.2 Å². The van der Waals surface area contributed by atoms with Gasteiger partial charge in [-0.15, -0.1) is 0 Å². The third-order valence-electron chi connectivity index (χ3n) is 2.52. The highest BCUT2D eigenvalue weighted by atomic mass is 16.5. The van der Waals surface area contributed by atoms with E-state index in [1.54, 1.807) is 6.92 Å². The monoisotopic (exact) mass is 266 g/mol. The van der Waals surface area contributed by atoms with Crippen molar-refractivity contribution in [3.8, 4) is 0 Å². The summed E-state index contributed by atoms with van der Waals surface area (Å²) in [6.45, 7) is 7.74. The fraction of sp³-hybridized carbons (Fsp3) is 0.462. The van der Waals surface area contributed by atoms with Gasteiger partial charge in [0.15, 0.2) is 0 Å². The van der Waals surface area contributed by atoms with Gasteiger partial charge >= 0.3 is 11.7 Å². The van der Waals surface area contributed by atoms with E-state index in [-0.39, 0.29) is 18.7 Å². The van der Waals surface area contributed by atoms with E-state index in [4.69, 9.17) is 4.74 Å². The van der Waals surface area contributed by atoms with E-state index in [0.717, 1.165) is 11.0 Å². The molecule has 0 bridgehead atoms. The Kier molecular flexibility index (Phi) is 5.29. The summed E-state index contributed by atoms with van der Waals surface area (Å²) in [4.78, 5) is 35.1. The van der Waals surface area contributed by atoms with Gasteiger partial charge < -0.3 is 9.30 Å². The van der Waals surface area contributed by atoms with Gasteiger partial charge in [-0.05, 0) is 13.3 Å². The lowest BCUT2D eigenvalue weighted by Crippen LogP contribution is -2.40. The number of aromatic nitrogens is 2. The SMILES string of the molecule is C=C(Cn1c(=O)ccn(CCC)c1=O)C(=O)OCC. The Morgan fingerprint density at radius 1 is 1.37 bits per heavy atom. The van der Waals surface area contributed by atoms with Crippen LogP contribution in [0.2, 0.25) is 0 Å². The standard InChI is InChI=1S/C13H18N2O4/c1-4-7-14-8-6-11(16)15(13(14)18)9-10(3)12(17)19-5-2/h6,8H,3-5,7,9H2,1-2H3. The van der Waals surface area contributed by atoms with Crippen LogP contribution in [0.3, 0.4) is 0 Å². The van der Waals surface area contributed by atoms with Crippen LogP contribution in [0.15, 0.2) is 34.0 Å². The van der Waals surface area contributed by atoms with E-state index >= 15 is 0 Å². The quantitative estimate of drug-likeness (QED) is 0.556. The first kappa shape index (κ1) is 14.9. The molecule has 6 heteroatoms. The Labute approximate surface area is 110 Å². The molecule has 0 aliphatic rings. The Morgan fingerprint density at radius 2 is 2.05 bits per heavy atom. The van der Waals surface area contributed by atoms with Crippen LogP contribution in [-0.2, 0) is 22.6 Å². The van der Waals surface area contributed by atoms with E-state index in [9.17, 15) is 14.4 Å². The molecular weight excluding hydrogens is 248 g/mol. The molecule has 0 saturated carbocycles. The zero-order valence-electron chi connectivity index (χ0n) is 11.2. The first-order valence-corrected chi connectivity index (χ1v) is 6.16. The minimum absolute atomic E-state index is 0.0790. The van der Waals surface area contributed by atoms with Crippen molar-refractivity contribution in [3.05, 3.63) is 45.3 Å². The number of aryl methyl sites for hydroxylation is 1. The molecule has 0 saturated heterocycles. The molecule has 1 aromatic rings. The van der Waals surface area contributed by atoms with Gasteiger partial charge in [0.05, 0.1) is 13.2 Å². The molecule has 0 aromatic carbocycles. The van der Waals surface area contributed by atoms with Crippen LogP contribution in [0, 0.1) is 0 Å². The van der Waals surface area contributed by atoms with Gasteiger partial charge in [0.1, 0.15) is 0 Å². The number of ether oxygens (including phenoxy) is 1. The highest BCUT2D eigenvalue weighted by Crippen LogP contribution is 1.97. The largest absolute Gasteiger partial charge is 0.463 e. The van der Waals surface area contributed by atoms with E-state index in [2.05, 4.69) is 6.58 Å². The molecule has 0 aliphatic carbocycles. The second kappa shape index (κ2) is 6.72. The Balaban J connectivity index is 3.04. The maximum Gasteiger partial charge on any atom is 0.335 e. The molecule has 0 spiro atoms. The third kappa shape index (κ3) is 3.67. The molecule has 0 fully saturated rings. The predicted molar refractivity (Wildman–Crippen MR) is 71.0 cm³/mol. The van der Waals surface area contributed by atoms with Gasteiger partial charge in [-0.25, -0.2) is 9.59 Å². The van der Waals surface area contributed by atoms with Crippen molar-refractivity contribution in [2.24, 2.45) is 0 Å². The Bertz CT molecular complexity index is 583. The molecule has 1 aromatic heterocycles. The number of nitrogens with zero attached hydrogens (tertiary/aromatic N) is 2. The normalized spacial score (nSPS) is 10.2. The highest BCUT2D eigenvalue weighted by Gasteiger charge is 2.12. The maximum atomic E-state index is 12.0. The molecule has 1 heterocycles. The number of carbonyl (C=O) groups is 1. The number of hydrogen-bond acceptors (Lipinski definition) is 4. The lowest BCUT2D eigenvalue weighted by molar-refractivity contribution is -0.138. The van der Waals surface area contributed by atoms with Crippen LogP contribution in [0.25, 0.3) is 0 Å². The Hall–Kier alpha value is -2.11. The van der Waals surface area contributed by atoms with Gasteiger partial charge in [-0.2, -0.15) is 0 Å². The summed E-state index contributed by atoms with van der Waals surface area (Å²) >= 11 is 0. The lowest BCUT2D eigenvalue weighted by atomic mass is 10.3. The van der Waals surface area contributed by atoms with E-state index in [1.165, 1.54) is 16.8 Å². The number of hydrogen-bond donors (Lipinski definition) is 0. The van der Waals surface area contributed by atoms with Gasteiger partial charge in [0, 0.05) is 24.4 Å². The van der Waals surface area contributed by atoms with Crippen LogP contribution in [0.5, 0.6) is 0 Å². The molecule has 19 heavy (non-hydrogen) atoms. The summed E-state index contributed by atoms with van der Waals surface area (Å²) in [6, 6.07) is 1.30. The molecule has 0 unspecified atom stereocenters. The molecule has 0 N–H and O–H groups in total. The van der Waals surface area contributed by atoms with E-state index < -0.39 is 17.2 Å². The van der Waals surface area contributed by atoms with Crippen molar-refractivity contribution in [2.45, 2.75) is 33.4 Å². The minimum Gasteiger partial charge on any atom is -0.463 e. The van der Waals surface area contributed by atoms with Gasteiger partial charge in [-0.3, -0.25) is 9.36 Å². The minimum atomic E-state index is -0.598. The lowest BCUT2D eigenvalue weighted by Gasteiger charge is -2.10. The molecule has 0 amide bonds. The van der Waals surface area contributed by atoms with Crippen molar-refractivity contribution in [2.75, 3.05) is 6.61 Å². The number of carbonyl (C=O) groups excluding carboxylic acids is 1. The summed E-state index contributed by atoms with van der Waals surface area (Å²) in [5.41, 5.74) is -0.821. The summed E-state index contributed by atoms with van der Waals surface area (Å²) in [7, 11) is 0. The van der Waals surface area contributed by atoms with Crippen molar-refractivity contribution in [1.29, 1.82) is 0 Å². The average molecular weight is 266 g/mol. The van der Waals surface area contributed by atoms with Crippen LogP contribution in [0.4, 0.5) is 0 Å². The zero-order chi connectivity index (χ0) is 14.4. The molecular formula is C13H18N2O4. The Morgan fingerprint density at radius 3 is 2.63 bits per heavy atom. The second-order valence-corrected chi connectivity index (χ2v) is 4.04. The average Bonchev–Trinajstić information content (AvgIpc) is 2.38. The molecule has 1 rings (SSSR count). The molecule has 0 aliphatic heterocycles. The second-order valence-electron chi connectivity index (χ2n) is 4.04. The van der Waals surface area contributed by atoms with Crippen molar-refractivity contribution in [1.82, 2.24) is 9.13 Å². The maximum absolute atomic E-state index is 12.0. The summed E-state index contributed by atoms with van der Waals surface area (Å²) in [5.74, 6) is -0.598. The van der Waals surface area contributed by atoms with Crippen LogP contribution in [-0.4, -0.2) is 21.7 Å². The molecule has 0 radical (unpaired) electrons. The van der Waals surface area contributed by atoms with Crippen LogP contribution >= 0.6 is 0 Å². The highest BCUT2D eigenvalue weighted by molar-refractivity contribution is 5.87. The fourth-order valence-electron chi connectivity index (χ4n) is 1.60. The summed E-state index contributed by atoms with van der Waals surface area (Å²) < 4.78 is 7.18. The third-order valence-corrected chi connectivity index (χ3v) is 2.52. The number of esters is 1. The van der Waals surface area contributed by atoms with E-state index in [0.29, 0.717) is 6.54 Å². The smallest absolute Gasteiger partial charge is 0.335 e.